The van der Waals surface area contributed by atoms with Crippen LogP contribution in [0.25, 0.3) is 0 Å². The van der Waals surface area contributed by atoms with Crippen molar-refractivity contribution in [2.24, 2.45) is 0 Å². The van der Waals surface area contributed by atoms with Crippen LogP contribution in [-0.2, 0) is 4.74 Å². The molecule has 1 rings (SSSR count). The normalized spacial score (nSPS) is 10.7. The molecule has 0 aliphatic rings. The SMILES string of the molecule is CCN(CC)c1nc(N)c(C(=O)N(CCO)CCOC)s1. The number of aromatic nitrogens is 1. The van der Waals surface area contributed by atoms with Crippen LogP contribution in [0.1, 0.15) is 23.5 Å². The van der Waals surface area contributed by atoms with E-state index in [1.165, 1.54) is 16.2 Å². The van der Waals surface area contributed by atoms with Gasteiger partial charge in [0.25, 0.3) is 5.91 Å². The number of carbonyl (C=O) groups excluding carboxylic acids is 1. The van der Waals surface area contributed by atoms with Crippen molar-refractivity contribution in [3.05, 3.63) is 4.88 Å². The fourth-order valence-electron chi connectivity index (χ4n) is 1.88. The number of aliphatic hydroxyl groups excluding tert-OH is 1. The van der Waals surface area contributed by atoms with Gasteiger partial charge < -0.3 is 25.4 Å². The van der Waals surface area contributed by atoms with Crippen LogP contribution in [-0.4, -0.2) is 67.4 Å². The Morgan fingerprint density at radius 3 is 2.57 bits per heavy atom. The van der Waals surface area contributed by atoms with Gasteiger partial charge in [0, 0.05) is 33.3 Å². The Labute approximate surface area is 129 Å². The first kappa shape index (κ1) is 17.7. The summed E-state index contributed by atoms with van der Waals surface area (Å²) in [5.41, 5.74) is 5.88. The zero-order valence-electron chi connectivity index (χ0n) is 12.8. The number of hydrogen-bond acceptors (Lipinski definition) is 7. The number of ether oxygens (including phenoxy) is 1. The molecular weight excluding hydrogens is 292 g/mol. The van der Waals surface area contributed by atoms with Crippen molar-refractivity contribution in [2.45, 2.75) is 13.8 Å². The highest BCUT2D eigenvalue weighted by Gasteiger charge is 2.23. The number of carbonyl (C=O) groups is 1. The number of rotatable bonds is 9. The highest BCUT2D eigenvalue weighted by Crippen LogP contribution is 2.29. The summed E-state index contributed by atoms with van der Waals surface area (Å²) in [5.74, 6) is 0.0294. The van der Waals surface area contributed by atoms with Crippen molar-refractivity contribution in [1.82, 2.24) is 9.88 Å². The van der Waals surface area contributed by atoms with Gasteiger partial charge in [-0.05, 0) is 13.8 Å². The number of nitrogen functional groups attached to an aromatic ring is 1. The lowest BCUT2D eigenvalue weighted by Gasteiger charge is -2.20. The van der Waals surface area contributed by atoms with Crippen LogP contribution in [0.15, 0.2) is 0 Å². The van der Waals surface area contributed by atoms with E-state index in [-0.39, 0.29) is 24.9 Å². The number of aliphatic hydroxyl groups is 1. The first-order valence-electron chi connectivity index (χ1n) is 6.99. The van der Waals surface area contributed by atoms with Crippen LogP contribution < -0.4 is 10.6 Å². The summed E-state index contributed by atoms with van der Waals surface area (Å²) in [4.78, 5) is 20.8. The van der Waals surface area contributed by atoms with Gasteiger partial charge in [0.05, 0.1) is 13.2 Å². The second-order valence-corrected chi connectivity index (χ2v) is 5.37. The molecule has 1 aromatic heterocycles. The number of methoxy groups -OCH3 is 1. The van der Waals surface area contributed by atoms with E-state index in [1.807, 2.05) is 18.7 Å². The molecule has 3 N–H and O–H groups in total. The Morgan fingerprint density at radius 2 is 2.05 bits per heavy atom. The minimum absolute atomic E-state index is 0.100. The Bertz CT molecular complexity index is 449. The molecular formula is C13H24N4O3S. The molecule has 0 unspecified atom stereocenters. The van der Waals surface area contributed by atoms with Gasteiger partial charge in [-0.1, -0.05) is 11.3 Å². The van der Waals surface area contributed by atoms with Crippen LogP contribution in [0, 0.1) is 0 Å². The van der Waals surface area contributed by atoms with E-state index < -0.39 is 0 Å². The fourth-order valence-corrected chi connectivity index (χ4v) is 2.96. The maximum atomic E-state index is 12.5. The van der Waals surface area contributed by atoms with Gasteiger partial charge in [-0.2, -0.15) is 0 Å². The number of hydrogen-bond donors (Lipinski definition) is 2. The number of nitrogens with zero attached hydrogens (tertiary/aromatic N) is 3. The summed E-state index contributed by atoms with van der Waals surface area (Å²) in [6.07, 6.45) is 0. The van der Waals surface area contributed by atoms with Crippen molar-refractivity contribution in [3.63, 3.8) is 0 Å². The highest BCUT2D eigenvalue weighted by atomic mass is 32.1. The van der Waals surface area contributed by atoms with Gasteiger partial charge in [0.15, 0.2) is 5.13 Å². The molecule has 0 spiro atoms. The van der Waals surface area contributed by atoms with Crippen LogP contribution in [0.3, 0.4) is 0 Å². The van der Waals surface area contributed by atoms with Crippen LogP contribution in [0.2, 0.25) is 0 Å². The number of thiazole rings is 1. The topological polar surface area (TPSA) is 91.9 Å². The standard InChI is InChI=1S/C13H24N4O3S/c1-4-16(5-2)13-15-11(14)10(21-13)12(19)17(6-8-18)7-9-20-3/h18H,4-9,14H2,1-3H3. The third-order valence-electron chi connectivity index (χ3n) is 3.09. The van der Waals surface area contributed by atoms with E-state index in [2.05, 4.69) is 4.98 Å². The molecule has 1 aromatic rings. The second kappa shape index (κ2) is 8.81. The molecule has 0 aromatic carbocycles. The lowest BCUT2D eigenvalue weighted by atomic mass is 10.4. The minimum atomic E-state index is -0.213. The van der Waals surface area contributed by atoms with Crippen molar-refractivity contribution < 1.29 is 14.6 Å². The summed E-state index contributed by atoms with van der Waals surface area (Å²) in [6, 6.07) is 0. The van der Waals surface area contributed by atoms with Gasteiger partial charge in [-0.3, -0.25) is 4.79 Å². The van der Waals surface area contributed by atoms with E-state index in [9.17, 15) is 4.79 Å². The average Bonchev–Trinajstić information content (AvgIpc) is 2.86. The molecule has 1 amide bonds. The van der Waals surface area contributed by atoms with Gasteiger partial charge in [-0.15, -0.1) is 0 Å². The van der Waals surface area contributed by atoms with Gasteiger partial charge >= 0.3 is 0 Å². The molecule has 0 aliphatic carbocycles. The van der Waals surface area contributed by atoms with E-state index in [0.29, 0.717) is 18.0 Å². The molecule has 0 fully saturated rings. The summed E-state index contributed by atoms with van der Waals surface area (Å²) in [6.45, 7) is 6.64. The minimum Gasteiger partial charge on any atom is -0.395 e. The largest absolute Gasteiger partial charge is 0.395 e. The first-order valence-corrected chi connectivity index (χ1v) is 7.80. The fraction of sp³-hybridized carbons (Fsp3) is 0.692. The zero-order valence-corrected chi connectivity index (χ0v) is 13.7. The predicted octanol–water partition coefficient (Wildman–Crippen LogP) is 0.652. The summed E-state index contributed by atoms with van der Waals surface area (Å²) in [7, 11) is 1.57. The molecule has 0 bridgehead atoms. The quantitative estimate of drug-likeness (QED) is 0.695. The second-order valence-electron chi connectivity index (χ2n) is 4.39. The van der Waals surface area contributed by atoms with E-state index in [4.69, 9.17) is 15.6 Å². The third-order valence-corrected chi connectivity index (χ3v) is 4.21. The number of nitrogens with two attached hydrogens (primary N) is 1. The molecule has 1 heterocycles. The lowest BCUT2D eigenvalue weighted by molar-refractivity contribution is 0.0662. The van der Waals surface area contributed by atoms with Gasteiger partial charge in [0.2, 0.25) is 0 Å². The lowest BCUT2D eigenvalue weighted by Crippen LogP contribution is -2.36. The van der Waals surface area contributed by atoms with Crippen LogP contribution >= 0.6 is 11.3 Å². The molecule has 21 heavy (non-hydrogen) atoms. The Hall–Kier alpha value is -1.38. The summed E-state index contributed by atoms with van der Waals surface area (Å²) >= 11 is 1.29. The predicted molar refractivity (Wildman–Crippen MR) is 85.0 cm³/mol. The Balaban J connectivity index is 2.93. The monoisotopic (exact) mass is 316 g/mol. The smallest absolute Gasteiger partial charge is 0.268 e. The Kier molecular flexibility index (Phi) is 7.41. The number of anilines is 2. The molecule has 0 saturated carbocycles. The average molecular weight is 316 g/mol. The first-order chi connectivity index (χ1) is 10.1. The molecule has 0 saturated heterocycles. The Morgan fingerprint density at radius 1 is 1.38 bits per heavy atom. The van der Waals surface area contributed by atoms with E-state index in [1.54, 1.807) is 7.11 Å². The van der Waals surface area contributed by atoms with Gasteiger partial charge in [-0.25, -0.2) is 4.98 Å². The van der Waals surface area contributed by atoms with Crippen molar-refractivity contribution in [2.75, 3.05) is 57.1 Å². The summed E-state index contributed by atoms with van der Waals surface area (Å²) < 4.78 is 4.99. The molecule has 8 heteroatoms. The highest BCUT2D eigenvalue weighted by molar-refractivity contribution is 7.18. The molecule has 120 valence electrons. The molecule has 0 atom stereocenters. The van der Waals surface area contributed by atoms with Crippen molar-refractivity contribution >= 4 is 28.2 Å². The van der Waals surface area contributed by atoms with E-state index >= 15 is 0 Å². The maximum Gasteiger partial charge on any atom is 0.268 e. The van der Waals surface area contributed by atoms with E-state index in [0.717, 1.165) is 18.2 Å². The van der Waals surface area contributed by atoms with Crippen molar-refractivity contribution in [3.8, 4) is 0 Å². The van der Waals surface area contributed by atoms with Gasteiger partial charge in [0.1, 0.15) is 10.7 Å². The molecule has 7 nitrogen and oxygen atoms in total. The molecule has 0 radical (unpaired) electrons. The summed E-state index contributed by atoms with van der Waals surface area (Å²) in [5, 5.41) is 9.83. The third kappa shape index (κ3) is 4.55. The maximum absolute atomic E-state index is 12.5. The number of amides is 1. The molecule has 0 aliphatic heterocycles. The van der Waals surface area contributed by atoms with Crippen molar-refractivity contribution in [1.29, 1.82) is 0 Å². The van der Waals surface area contributed by atoms with Crippen LogP contribution in [0.4, 0.5) is 10.9 Å². The van der Waals surface area contributed by atoms with Crippen LogP contribution in [0.5, 0.6) is 0 Å². The zero-order chi connectivity index (χ0) is 15.8.